The van der Waals surface area contributed by atoms with E-state index in [-0.39, 0.29) is 29.9 Å². The Morgan fingerprint density at radius 1 is 1.07 bits per heavy atom. The number of carbonyl (C=O) groups is 1. The van der Waals surface area contributed by atoms with E-state index in [4.69, 9.17) is 9.47 Å². The lowest BCUT2D eigenvalue weighted by Gasteiger charge is -2.12. The van der Waals surface area contributed by atoms with Gasteiger partial charge in [0.2, 0.25) is 0 Å². The Bertz CT molecular complexity index is 570. The van der Waals surface area contributed by atoms with E-state index in [0.29, 0.717) is 38.5 Å². The Labute approximate surface area is 186 Å². The minimum absolute atomic E-state index is 0. The first kappa shape index (κ1) is 26.6. The first-order valence-corrected chi connectivity index (χ1v) is 9.69. The van der Waals surface area contributed by atoms with Gasteiger partial charge in [-0.15, -0.1) is 24.0 Å². The number of hydrogen-bond acceptors (Lipinski definition) is 4. The monoisotopic (exact) mass is 506 g/mol. The number of aliphatic imine (C=N–C) groups is 1. The van der Waals surface area contributed by atoms with Crippen molar-refractivity contribution in [1.29, 1.82) is 0 Å². The molecule has 1 aromatic carbocycles. The Kier molecular flexibility index (Phi) is 16.8. The second-order valence-corrected chi connectivity index (χ2v) is 5.98. The third kappa shape index (κ3) is 12.1. The van der Waals surface area contributed by atoms with Crippen LogP contribution in [-0.4, -0.2) is 58.4 Å². The van der Waals surface area contributed by atoms with Crippen LogP contribution in [0.5, 0.6) is 0 Å². The van der Waals surface area contributed by atoms with E-state index in [1.807, 2.05) is 25.1 Å². The predicted octanol–water partition coefficient (Wildman–Crippen LogP) is 2.55. The summed E-state index contributed by atoms with van der Waals surface area (Å²) in [6.45, 7) is 8.73. The van der Waals surface area contributed by atoms with Crippen LogP contribution >= 0.6 is 24.0 Å². The van der Waals surface area contributed by atoms with E-state index in [2.05, 4.69) is 27.9 Å². The maximum atomic E-state index is 11.7. The molecule has 0 unspecified atom stereocenters. The summed E-state index contributed by atoms with van der Waals surface area (Å²) in [4.78, 5) is 16.3. The van der Waals surface area contributed by atoms with Crippen LogP contribution in [0.15, 0.2) is 29.3 Å². The molecule has 0 bridgehead atoms. The zero-order valence-corrected chi connectivity index (χ0v) is 19.6. The van der Waals surface area contributed by atoms with Crippen LogP contribution in [0, 0.1) is 0 Å². The maximum absolute atomic E-state index is 11.7. The molecule has 0 aliphatic rings. The van der Waals surface area contributed by atoms with Crippen molar-refractivity contribution in [2.24, 2.45) is 4.99 Å². The van der Waals surface area contributed by atoms with Crippen molar-refractivity contribution in [3.8, 4) is 0 Å². The fourth-order valence-electron chi connectivity index (χ4n) is 2.28. The SMILES string of the molecule is CCCCOCCOCCNC(=NCc1cccc(C(=O)NC)c1)NCC.I. The summed E-state index contributed by atoms with van der Waals surface area (Å²) in [7, 11) is 1.62. The van der Waals surface area contributed by atoms with Gasteiger partial charge in [0.15, 0.2) is 5.96 Å². The number of guanidine groups is 1. The summed E-state index contributed by atoms with van der Waals surface area (Å²) in [5.41, 5.74) is 1.62. The fraction of sp³-hybridized carbons (Fsp3) is 0.600. The van der Waals surface area contributed by atoms with E-state index >= 15 is 0 Å². The molecule has 0 aliphatic heterocycles. The molecule has 7 nitrogen and oxygen atoms in total. The standard InChI is InChI=1S/C20H34N4O3.HI/c1-4-6-11-26-13-14-27-12-10-23-20(22-5-2)24-16-17-8-7-9-18(15-17)19(25)21-3;/h7-9,15H,4-6,10-14,16H2,1-3H3,(H,21,25)(H2,22,23,24);1H. The predicted molar refractivity (Wildman–Crippen MR) is 125 cm³/mol. The average molecular weight is 506 g/mol. The van der Waals surface area contributed by atoms with Gasteiger partial charge < -0.3 is 25.4 Å². The first-order chi connectivity index (χ1) is 13.2. The Morgan fingerprint density at radius 3 is 2.50 bits per heavy atom. The van der Waals surface area contributed by atoms with E-state index in [0.717, 1.165) is 37.5 Å². The number of hydrogen-bond donors (Lipinski definition) is 3. The molecule has 0 spiro atoms. The third-order valence-electron chi connectivity index (χ3n) is 3.73. The summed E-state index contributed by atoms with van der Waals surface area (Å²) < 4.78 is 11.0. The number of halogens is 1. The minimum atomic E-state index is -0.0957. The van der Waals surface area contributed by atoms with E-state index in [1.54, 1.807) is 13.1 Å². The van der Waals surface area contributed by atoms with Gasteiger partial charge in [-0.1, -0.05) is 25.5 Å². The summed E-state index contributed by atoms with van der Waals surface area (Å²) in [6.07, 6.45) is 2.24. The molecule has 1 amide bonds. The summed E-state index contributed by atoms with van der Waals surface area (Å²) >= 11 is 0. The highest BCUT2D eigenvalue weighted by Crippen LogP contribution is 2.06. The Balaban J connectivity index is 0.00000729. The molecule has 0 saturated carbocycles. The van der Waals surface area contributed by atoms with Gasteiger partial charge in [-0.05, 0) is 31.0 Å². The molecule has 8 heteroatoms. The van der Waals surface area contributed by atoms with E-state index < -0.39 is 0 Å². The van der Waals surface area contributed by atoms with Crippen molar-refractivity contribution < 1.29 is 14.3 Å². The molecular weight excluding hydrogens is 471 g/mol. The fourth-order valence-corrected chi connectivity index (χ4v) is 2.28. The number of benzene rings is 1. The van der Waals surface area contributed by atoms with Crippen molar-refractivity contribution in [3.63, 3.8) is 0 Å². The van der Waals surface area contributed by atoms with Crippen molar-refractivity contribution >= 4 is 35.8 Å². The molecular formula is C20H35IN4O3. The number of carbonyl (C=O) groups excluding carboxylic acids is 1. The quantitative estimate of drug-likeness (QED) is 0.166. The second kappa shape index (κ2) is 17.7. The lowest BCUT2D eigenvalue weighted by Crippen LogP contribution is -2.39. The number of unbranched alkanes of at least 4 members (excludes halogenated alkanes) is 1. The zero-order chi connectivity index (χ0) is 19.7. The molecule has 0 aromatic heterocycles. The lowest BCUT2D eigenvalue weighted by atomic mass is 10.1. The number of ether oxygens (including phenoxy) is 2. The highest BCUT2D eigenvalue weighted by Gasteiger charge is 2.04. The van der Waals surface area contributed by atoms with E-state index in [9.17, 15) is 4.79 Å². The average Bonchev–Trinajstić information content (AvgIpc) is 2.70. The molecule has 1 aromatic rings. The van der Waals surface area contributed by atoms with Crippen LogP contribution in [0.25, 0.3) is 0 Å². The molecule has 0 atom stereocenters. The van der Waals surface area contributed by atoms with Gasteiger partial charge in [-0.3, -0.25) is 4.79 Å². The minimum Gasteiger partial charge on any atom is -0.379 e. The van der Waals surface area contributed by atoms with Gasteiger partial charge in [0.1, 0.15) is 0 Å². The molecule has 1 rings (SSSR count). The van der Waals surface area contributed by atoms with Gasteiger partial charge in [-0.25, -0.2) is 4.99 Å². The smallest absolute Gasteiger partial charge is 0.251 e. The largest absolute Gasteiger partial charge is 0.379 e. The van der Waals surface area contributed by atoms with Gasteiger partial charge >= 0.3 is 0 Å². The number of nitrogens with zero attached hydrogens (tertiary/aromatic N) is 1. The molecule has 0 aliphatic carbocycles. The van der Waals surface area contributed by atoms with Crippen LogP contribution in [0.4, 0.5) is 0 Å². The Hall–Kier alpha value is -1.39. The molecule has 0 radical (unpaired) electrons. The topological polar surface area (TPSA) is 84.0 Å². The van der Waals surface area contributed by atoms with Crippen LogP contribution in [0.3, 0.4) is 0 Å². The maximum Gasteiger partial charge on any atom is 0.251 e. The number of rotatable bonds is 13. The highest BCUT2D eigenvalue weighted by molar-refractivity contribution is 14.0. The number of amides is 1. The molecule has 3 N–H and O–H groups in total. The Morgan fingerprint density at radius 2 is 1.82 bits per heavy atom. The van der Waals surface area contributed by atoms with Crippen molar-refractivity contribution in [2.75, 3.05) is 46.6 Å². The van der Waals surface area contributed by atoms with Crippen molar-refractivity contribution in [1.82, 2.24) is 16.0 Å². The molecule has 0 fully saturated rings. The van der Waals surface area contributed by atoms with Crippen molar-refractivity contribution in [2.45, 2.75) is 33.2 Å². The van der Waals surface area contributed by atoms with Crippen LogP contribution < -0.4 is 16.0 Å². The van der Waals surface area contributed by atoms with Crippen molar-refractivity contribution in [3.05, 3.63) is 35.4 Å². The van der Waals surface area contributed by atoms with Crippen LogP contribution in [-0.2, 0) is 16.0 Å². The molecule has 0 heterocycles. The van der Waals surface area contributed by atoms with Crippen LogP contribution in [0.1, 0.15) is 42.6 Å². The zero-order valence-electron chi connectivity index (χ0n) is 17.3. The second-order valence-electron chi connectivity index (χ2n) is 5.98. The van der Waals surface area contributed by atoms with Crippen LogP contribution in [0.2, 0.25) is 0 Å². The molecule has 160 valence electrons. The van der Waals surface area contributed by atoms with Gasteiger partial charge in [-0.2, -0.15) is 0 Å². The molecule has 0 saturated heterocycles. The lowest BCUT2D eigenvalue weighted by molar-refractivity contribution is 0.0487. The first-order valence-electron chi connectivity index (χ1n) is 9.69. The summed E-state index contributed by atoms with van der Waals surface area (Å²) in [5, 5.41) is 9.08. The molecule has 28 heavy (non-hydrogen) atoms. The van der Waals surface area contributed by atoms with E-state index in [1.165, 1.54) is 0 Å². The summed E-state index contributed by atoms with van der Waals surface area (Å²) in [5.74, 6) is 0.632. The van der Waals surface area contributed by atoms with Gasteiger partial charge in [0.05, 0.1) is 26.4 Å². The highest BCUT2D eigenvalue weighted by atomic mass is 127. The van der Waals surface area contributed by atoms with Gasteiger partial charge in [0.25, 0.3) is 5.91 Å². The third-order valence-corrected chi connectivity index (χ3v) is 3.73. The normalized spacial score (nSPS) is 10.9. The number of nitrogens with one attached hydrogen (secondary N) is 3. The summed E-state index contributed by atoms with van der Waals surface area (Å²) in [6, 6.07) is 7.47. The van der Waals surface area contributed by atoms with Gasteiger partial charge in [0, 0.05) is 32.3 Å².